The van der Waals surface area contributed by atoms with Crippen LogP contribution in [0.3, 0.4) is 0 Å². The molecule has 1 fully saturated rings. The SMILES string of the molecule is COc1ccc(OC)c(CNC(=O)C2CCNC2)c1. The molecule has 0 aliphatic carbocycles. The minimum atomic E-state index is 0.0802. The molecule has 1 amide bonds. The van der Waals surface area contributed by atoms with Crippen molar-refractivity contribution in [1.82, 2.24) is 10.6 Å². The van der Waals surface area contributed by atoms with Crippen molar-refractivity contribution >= 4 is 5.91 Å². The van der Waals surface area contributed by atoms with Crippen LogP contribution in [0.4, 0.5) is 0 Å². The van der Waals surface area contributed by atoms with Gasteiger partial charge in [-0.2, -0.15) is 0 Å². The van der Waals surface area contributed by atoms with Gasteiger partial charge < -0.3 is 20.1 Å². The van der Waals surface area contributed by atoms with E-state index < -0.39 is 0 Å². The summed E-state index contributed by atoms with van der Waals surface area (Å²) in [6, 6.07) is 5.56. The summed E-state index contributed by atoms with van der Waals surface area (Å²) >= 11 is 0. The smallest absolute Gasteiger partial charge is 0.224 e. The predicted octanol–water partition coefficient (Wildman–Crippen LogP) is 0.929. The maximum absolute atomic E-state index is 11.9. The molecule has 1 aromatic carbocycles. The summed E-state index contributed by atoms with van der Waals surface area (Å²) in [5.41, 5.74) is 0.918. The number of nitrogens with one attached hydrogen (secondary N) is 2. The lowest BCUT2D eigenvalue weighted by atomic mass is 10.1. The zero-order valence-corrected chi connectivity index (χ0v) is 11.4. The van der Waals surface area contributed by atoms with Gasteiger partial charge in [-0.1, -0.05) is 0 Å². The number of carbonyl (C=O) groups is 1. The first-order chi connectivity index (χ1) is 9.24. The van der Waals surface area contributed by atoms with Crippen molar-refractivity contribution in [3.8, 4) is 11.5 Å². The molecule has 104 valence electrons. The highest BCUT2D eigenvalue weighted by Gasteiger charge is 2.22. The Morgan fingerprint density at radius 1 is 1.42 bits per heavy atom. The molecule has 5 heteroatoms. The number of carbonyl (C=O) groups excluding carboxylic acids is 1. The minimum Gasteiger partial charge on any atom is -0.497 e. The largest absolute Gasteiger partial charge is 0.497 e. The zero-order chi connectivity index (χ0) is 13.7. The lowest BCUT2D eigenvalue weighted by molar-refractivity contribution is -0.124. The summed E-state index contributed by atoms with van der Waals surface area (Å²) in [6.07, 6.45) is 0.904. The highest BCUT2D eigenvalue weighted by Crippen LogP contribution is 2.23. The lowest BCUT2D eigenvalue weighted by Crippen LogP contribution is -2.31. The summed E-state index contributed by atoms with van der Waals surface area (Å²) in [4.78, 5) is 11.9. The molecule has 5 nitrogen and oxygen atoms in total. The first-order valence-electron chi connectivity index (χ1n) is 6.44. The molecule has 2 rings (SSSR count). The molecule has 0 saturated carbocycles. The lowest BCUT2D eigenvalue weighted by Gasteiger charge is -2.13. The Morgan fingerprint density at radius 2 is 2.26 bits per heavy atom. The molecule has 2 N–H and O–H groups in total. The monoisotopic (exact) mass is 264 g/mol. The quantitative estimate of drug-likeness (QED) is 0.830. The van der Waals surface area contributed by atoms with Crippen LogP contribution >= 0.6 is 0 Å². The Balaban J connectivity index is 1.99. The number of methoxy groups -OCH3 is 2. The second kappa shape index (κ2) is 6.43. The molecule has 0 radical (unpaired) electrons. The number of benzene rings is 1. The molecule has 1 aliphatic heterocycles. The number of ether oxygens (including phenoxy) is 2. The van der Waals surface area contributed by atoms with E-state index in [2.05, 4.69) is 10.6 Å². The van der Waals surface area contributed by atoms with Gasteiger partial charge in [0.05, 0.1) is 20.1 Å². The maximum atomic E-state index is 11.9. The number of rotatable bonds is 5. The van der Waals surface area contributed by atoms with Crippen LogP contribution in [-0.4, -0.2) is 33.2 Å². The second-order valence-electron chi connectivity index (χ2n) is 4.59. The molecule has 0 spiro atoms. The third-order valence-electron chi connectivity index (χ3n) is 3.37. The highest BCUT2D eigenvalue weighted by molar-refractivity contribution is 5.79. The molecule has 0 aromatic heterocycles. The van der Waals surface area contributed by atoms with Crippen molar-refractivity contribution in [2.45, 2.75) is 13.0 Å². The van der Waals surface area contributed by atoms with Crippen LogP contribution in [-0.2, 0) is 11.3 Å². The van der Waals surface area contributed by atoms with E-state index in [1.165, 1.54) is 0 Å². The molecule has 19 heavy (non-hydrogen) atoms. The first kappa shape index (κ1) is 13.7. The fourth-order valence-electron chi connectivity index (χ4n) is 2.23. The molecule has 1 aliphatic rings. The Bertz CT molecular complexity index is 442. The van der Waals surface area contributed by atoms with E-state index in [-0.39, 0.29) is 11.8 Å². The van der Waals surface area contributed by atoms with Gasteiger partial charge in [-0.15, -0.1) is 0 Å². The Hall–Kier alpha value is -1.75. The van der Waals surface area contributed by atoms with Gasteiger partial charge in [0.2, 0.25) is 5.91 Å². The van der Waals surface area contributed by atoms with Gasteiger partial charge in [-0.3, -0.25) is 4.79 Å². The van der Waals surface area contributed by atoms with Crippen molar-refractivity contribution in [1.29, 1.82) is 0 Å². The van der Waals surface area contributed by atoms with Gasteiger partial charge in [-0.25, -0.2) is 0 Å². The van der Waals surface area contributed by atoms with Crippen LogP contribution < -0.4 is 20.1 Å². The maximum Gasteiger partial charge on any atom is 0.224 e. The van der Waals surface area contributed by atoms with E-state index in [1.54, 1.807) is 14.2 Å². The number of hydrogen-bond donors (Lipinski definition) is 2. The first-order valence-corrected chi connectivity index (χ1v) is 6.44. The summed E-state index contributed by atoms with van der Waals surface area (Å²) in [5, 5.41) is 6.14. The summed E-state index contributed by atoms with van der Waals surface area (Å²) < 4.78 is 10.5. The van der Waals surface area contributed by atoms with Crippen molar-refractivity contribution < 1.29 is 14.3 Å². The van der Waals surface area contributed by atoms with Crippen molar-refractivity contribution in [2.24, 2.45) is 5.92 Å². The average molecular weight is 264 g/mol. The Kier molecular flexibility index (Phi) is 4.63. The van der Waals surface area contributed by atoms with Crippen molar-refractivity contribution in [3.63, 3.8) is 0 Å². The van der Waals surface area contributed by atoms with Gasteiger partial charge in [0.25, 0.3) is 0 Å². The van der Waals surface area contributed by atoms with E-state index in [4.69, 9.17) is 9.47 Å². The van der Waals surface area contributed by atoms with Gasteiger partial charge in [0.1, 0.15) is 11.5 Å². The molecule has 0 bridgehead atoms. The fourth-order valence-corrected chi connectivity index (χ4v) is 2.23. The van der Waals surface area contributed by atoms with Crippen LogP contribution in [0.15, 0.2) is 18.2 Å². The van der Waals surface area contributed by atoms with Gasteiger partial charge >= 0.3 is 0 Å². The molecule has 1 unspecified atom stereocenters. The predicted molar refractivity (Wildman–Crippen MR) is 72.4 cm³/mol. The molecule has 1 atom stereocenters. The fraction of sp³-hybridized carbons (Fsp3) is 0.500. The minimum absolute atomic E-state index is 0.0802. The molecular formula is C14H20N2O3. The molecule has 1 aromatic rings. The van der Waals surface area contributed by atoms with Gasteiger partial charge in [0, 0.05) is 18.7 Å². The van der Waals surface area contributed by atoms with Crippen LogP contribution in [0.25, 0.3) is 0 Å². The Labute approximate surface area is 113 Å². The van der Waals surface area contributed by atoms with Crippen molar-refractivity contribution in [3.05, 3.63) is 23.8 Å². The average Bonchev–Trinajstić information content (AvgIpc) is 2.98. The van der Waals surface area contributed by atoms with E-state index in [1.807, 2.05) is 18.2 Å². The van der Waals surface area contributed by atoms with Crippen molar-refractivity contribution in [2.75, 3.05) is 27.3 Å². The van der Waals surface area contributed by atoms with E-state index in [9.17, 15) is 4.79 Å². The number of hydrogen-bond acceptors (Lipinski definition) is 4. The topological polar surface area (TPSA) is 59.6 Å². The van der Waals surface area contributed by atoms with Crippen LogP contribution in [0.2, 0.25) is 0 Å². The van der Waals surface area contributed by atoms with Gasteiger partial charge in [0.15, 0.2) is 0 Å². The summed E-state index contributed by atoms with van der Waals surface area (Å²) in [7, 11) is 3.24. The van der Waals surface area contributed by atoms with E-state index >= 15 is 0 Å². The third kappa shape index (κ3) is 3.38. The highest BCUT2D eigenvalue weighted by atomic mass is 16.5. The number of amides is 1. The second-order valence-corrected chi connectivity index (χ2v) is 4.59. The van der Waals surface area contributed by atoms with E-state index in [0.29, 0.717) is 6.54 Å². The standard InChI is InChI=1S/C14H20N2O3/c1-18-12-3-4-13(19-2)11(7-12)9-16-14(17)10-5-6-15-8-10/h3-4,7,10,15H,5-6,8-9H2,1-2H3,(H,16,17). The summed E-state index contributed by atoms with van der Waals surface area (Å²) in [6.45, 7) is 2.14. The zero-order valence-electron chi connectivity index (χ0n) is 11.4. The van der Waals surface area contributed by atoms with E-state index in [0.717, 1.165) is 36.6 Å². The van der Waals surface area contributed by atoms with Crippen LogP contribution in [0.1, 0.15) is 12.0 Å². The molecule has 1 saturated heterocycles. The third-order valence-corrected chi connectivity index (χ3v) is 3.37. The van der Waals surface area contributed by atoms with Gasteiger partial charge in [-0.05, 0) is 31.2 Å². The normalized spacial score (nSPS) is 18.1. The van der Waals surface area contributed by atoms with Crippen LogP contribution in [0.5, 0.6) is 11.5 Å². The molecule has 1 heterocycles. The van der Waals surface area contributed by atoms with Crippen LogP contribution in [0, 0.1) is 5.92 Å². The summed E-state index contributed by atoms with van der Waals surface area (Å²) in [5.74, 6) is 1.68. The Morgan fingerprint density at radius 3 is 2.89 bits per heavy atom. The molecular weight excluding hydrogens is 244 g/mol.